The number of nitrogens with one attached hydrogen (secondary N) is 3. The SMILES string of the molecule is CCOc1ccc(-n2cc(-c3cnn(C)c3)c(N(C)Cc3ccccc3)cc2=O)c(C)c1.CCOc1ccc(-n2cc(-c3cnn(C)c3)c(NCc3cc(F)cc(F)c3)cc2=O)c(C)c1.CCOc1ccc(-n2cc(-c3cnn(C)c3)c(NCc3ccc(C#N)cc3)cc2=O)c(C)c1.CCOc1ccc(-n2cc(-c3cnn(C)c3)c(NCc3ccc(F)cc3F)cc2=O)c(C)c1. The van der Waals surface area contributed by atoms with E-state index in [1.165, 1.54) is 42.0 Å². The first kappa shape index (κ1) is 92.7. The Kier molecular flexibility index (Phi) is 30.1. The fourth-order valence-corrected chi connectivity index (χ4v) is 15.0. The smallest absolute Gasteiger partial charge is 0.257 e. The Morgan fingerprint density at radius 1 is 0.366 bits per heavy atom. The highest BCUT2D eigenvalue weighted by Crippen LogP contribution is 2.36. The van der Waals surface area contributed by atoms with Gasteiger partial charge in [0.05, 0.1) is 91.3 Å². The fourth-order valence-electron chi connectivity index (χ4n) is 15.0. The second-order valence-corrected chi connectivity index (χ2v) is 31.1. The minimum atomic E-state index is -0.652. The van der Waals surface area contributed by atoms with Gasteiger partial charge in [-0.05, 0) is 197 Å². The minimum absolute atomic E-state index is 0.0835. The van der Waals surface area contributed by atoms with Crippen LogP contribution < -0.4 is 62.0 Å². The van der Waals surface area contributed by atoms with Crippen LogP contribution in [0, 0.1) is 62.3 Å². The van der Waals surface area contributed by atoms with Gasteiger partial charge in [-0.15, -0.1) is 0 Å². The normalized spacial score (nSPS) is 10.8. The molecule has 25 nitrogen and oxygen atoms in total. The second-order valence-electron chi connectivity index (χ2n) is 31.1. The lowest BCUT2D eigenvalue weighted by Gasteiger charge is -2.23. The van der Waals surface area contributed by atoms with Crippen LogP contribution in [0.25, 0.3) is 67.3 Å². The van der Waals surface area contributed by atoms with Crippen LogP contribution in [0.15, 0.2) is 282 Å². The van der Waals surface area contributed by atoms with Gasteiger partial charge in [-0.1, -0.05) is 48.5 Å². The molecule has 0 radical (unpaired) electrons. The molecule has 0 aliphatic carbocycles. The van der Waals surface area contributed by atoms with Crippen molar-refractivity contribution in [1.29, 1.82) is 5.26 Å². The molecule has 0 aliphatic rings. The zero-order chi connectivity index (χ0) is 93.1. The van der Waals surface area contributed by atoms with Gasteiger partial charge in [-0.2, -0.15) is 25.7 Å². The van der Waals surface area contributed by atoms with Crippen molar-refractivity contribution in [3.63, 3.8) is 0 Å². The summed E-state index contributed by atoms with van der Waals surface area (Å²) < 4.78 is 90.1. The number of nitrogens with zero attached hydrogens (tertiary/aromatic N) is 14. The Labute approximate surface area is 755 Å². The van der Waals surface area contributed by atoms with Crippen LogP contribution in [0.5, 0.6) is 23.0 Å². The Balaban J connectivity index is 0.000000149. The molecule has 0 aliphatic heterocycles. The zero-order valence-corrected chi connectivity index (χ0v) is 75.0. The van der Waals surface area contributed by atoms with Crippen molar-refractivity contribution in [1.82, 2.24) is 57.4 Å². The quantitative estimate of drug-likeness (QED) is 0.0385. The maximum absolute atomic E-state index is 14.1. The van der Waals surface area contributed by atoms with Crippen LogP contribution in [0.4, 0.5) is 40.3 Å². The molecule has 131 heavy (non-hydrogen) atoms. The maximum atomic E-state index is 14.1. The van der Waals surface area contributed by atoms with Gasteiger partial charge in [0, 0.05) is 215 Å². The summed E-state index contributed by atoms with van der Waals surface area (Å²) in [6.45, 7) is 19.3. The molecule has 0 fully saturated rings. The van der Waals surface area contributed by atoms with E-state index in [0.717, 1.165) is 142 Å². The summed E-state index contributed by atoms with van der Waals surface area (Å²) in [7, 11) is 9.37. The van der Waals surface area contributed by atoms with Crippen LogP contribution in [-0.2, 0) is 54.4 Å². The number of benzene rings is 8. The first-order valence-corrected chi connectivity index (χ1v) is 42.5. The summed E-state index contributed by atoms with van der Waals surface area (Å²) >= 11 is 0. The summed E-state index contributed by atoms with van der Waals surface area (Å²) in [5.74, 6) is 0.457. The van der Waals surface area contributed by atoms with Gasteiger partial charge in [0.1, 0.15) is 46.3 Å². The molecule has 0 bridgehead atoms. The van der Waals surface area contributed by atoms with Crippen LogP contribution in [-0.4, -0.2) is 90.9 Å². The second kappa shape index (κ2) is 42.5. The molecule has 16 aromatic rings. The molecular weight excluding hydrogens is 1670 g/mol. The van der Waals surface area contributed by atoms with E-state index in [9.17, 15) is 36.7 Å². The Bertz CT molecular complexity index is 7020. The monoisotopic (exact) mass is 1770 g/mol. The Morgan fingerprint density at radius 3 is 1.06 bits per heavy atom. The first-order chi connectivity index (χ1) is 63.1. The number of aromatic nitrogens is 12. The number of aryl methyl sites for hydroxylation is 8. The van der Waals surface area contributed by atoms with Crippen LogP contribution in [0.2, 0.25) is 0 Å². The highest BCUT2D eigenvalue weighted by molar-refractivity contribution is 5.81. The molecule has 3 N–H and O–H groups in total. The minimum Gasteiger partial charge on any atom is -0.494 e. The number of nitriles is 1. The summed E-state index contributed by atoms with van der Waals surface area (Å²) in [4.78, 5) is 54.6. The summed E-state index contributed by atoms with van der Waals surface area (Å²) in [5.41, 5.74) is 18.9. The van der Waals surface area contributed by atoms with E-state index in [-0.39, 0.29) is 35.3 Å². The van der Waals surface area contributed by atoms with E-state index in [1.54, 1.807) is 106 Å². The van der Waals surface area contributed by atoms with Gasteiger partial charge < -0.3 is 39.8 Å². The molecular formula is C102H101F4N17O8. The standard InChI is InChI=1S/C26H25N5O2.C26H28N4O2.2C25H24F2N4O2/c1-4-33-22-9-10-25(18(2)11-22)31-17-23(21-15-29-30(3)16-21)24(12-26(31)32)28-14-20-7-5-19(13-27)6-8-20;1-5-32-22-11-12-24(19(2)13-22)30-18-23(21-15-27-29(4)17-21)25(14-26(30)31)28(3)16-20-9-7-6-8-10-20;1-4-33-21-5-6-24(16(2)7-21)31-15-22(18-13-29-30(3)14-18)23(11-25(31)32)28-12-17-8-19(26)10-20(27)9-17;1-4-33-20-7-8-24(16(2)9-20)31-15-21(18-13-29-30(3)14-18)23(11-25(31)32)28-12-17-5-6-19(26)10-22(17)27/h5-12,15-17,28H,4,14H2,1-3H3;6-15,17-18H,5,16H2,1-4H3;2*5-11,13-15,28H,4,12H2,1-3H3. The number of pyridine rings is 4. The average Bonchev–Trinajstić information content (AvgIpc) is 1.77. The van der Waals surface area contributed by atoms with Crippen molar-refractivity contribution < 1.29 is 36.5 Å². The summed E-state index contributed by atoms with van der Waals surface area (Å²) in [5, 5.41) is 35.8. The lowest BCUT2D eigenvalue weighted by Crippen LogP contribution is -2.24. The number of anilines is 4. The van der Waals surface area contributed by atoms with E-state index in [1.807, 2.05) is 223 Å². The third-order valence-electron chi connectivity index (χ3n) is 21.3. The predicted molar refractivity (Wildman–Crippen MR) is 505 cm³/mol. The Hall–Kier alpha value is -16.0. The molecule has 8 aromatic carbocycles. The average molecular weight is 1770 g/mol. The van der Waals surface area contributed by atoms with Crippen molar-refractivity contribution >= 4 is 22.7 Å². The Morgan fingerprint density at radius 2 is 0.718 bits per heavy atom. The molecule has 16 rings (SSSR count). The molecule has 0 saturated heterocycles. The fraction of sp³-hybridized carbons (Fsp3) is 0.206. The molecule has 0 atom stereocenters. The van der Waals surface area contributed by atoms with Crippen LogP contribution in [0.3, 0.4) is 0 Å². The highest BCUT2D eigenvalue weighted by Gasteiger charge is 2.22. The van der Waals surface area contributed by atoms with Gasteiger partial charge >= 0.3 is 0 Å². The molecule has 0 unspecified atom stereocenters. The van der Waals surface area contributed by atoms with E-state index in [4.69, 9.17) is 24.2 Å². The van der Waals surface area contributed by atoms with Crippen molar-refractivity contribution in [3.8, 4) is 96.3 Å². The van der Waals surface area contributed by atoms with Crippen molar-refractivity contribution in [3.05, 3.63) is 377 Å². The third kappa shape index (κ3) is 23.3. The van der Waals surface area contributed by atoms with E-state index >= 15 is 0 Å². The van der Waals surface area contributed by atoms with Crippen molar-refractivity contribution in [2.75, 3.05) is 54.3 Å². The summed E-state index contributed by atoms with van der Waals surface area (Å²) in [6.07, 6.45) is 21.8. The lowest BCUT2D eigenvalue weighted by atomic mass is 10.1. The number of hydrogen-bond donors (Lipinski definition) is 3. The predicted octanol–water partition coefficient (Wildman–Crippen LogP) is 18.7. The van der Waals surface area contributed by atoms with Crippen LogP contribution in [0.1, 0.15) is 77.8 Å². The summed E-state index contributed by atoms with van der Waals surface area (Å²) in [6, 6.07) is 55.4. The third-order valence-corrected chi connectivity index (χ3v) is 21.3. The van der Waals surface area contributed by atoms with E-state index in [0.29, 0.717) is 67.6 Å². The van der Waals surface area contributed by atoms with Gasteiger partial charge in [-0.25, -0.2) is 17.6 Å². The molecule has 8 aromatic heterocycles. The molecule has 670 valence electrons. The van der Waals surface area contributed by atoms with Gasteiger partial charge in [0.2, 0.25) is 0 Å². The van der Waals surface area contributed by atoms with Crippen LogP contribution >= 0.6 is 0 Å². The molecule has 8 heterocycles. The molecule has 29 heteroatoms. The topological polar surface area (TPSA) is 259 Å². The highest BCUT2D eigenvalue weighted by atomic mass is 19.1. The number of rotatable bonds is 28. The number of halogens is 4. The lowest BCUT2D eigenvalue weighted by molar-refractivity contribution is 0.340. The van der Waals surface area contributed by atoms with Crippen molar-refractivity contribution in [2.45, 2.75) is 81.6 Å². The van der Waals surface area contributed by atoms with E-state index < -0.39 is 23.3 Å². The molecule has 0 spiro atoms. The molecule has 0 saturated carbocycles. The van der Waals surface area contributed by atoms with Gasteiger partial charge in [-0.3, -0.25) is 56.2 Å². The van der Waals surface area contributed by atoms with Crippen molar-refractivity contribution in [2.24, 2.45) is 28.2 Å². The van der Waals surface area contributed by atoms with Gasteiger partial charge in [0.15, 0.2) is 0 Å². The number of ether oxygens (including phenoxy) is 4. The first-order valence-electron chi connectivity index (χ1n) is 42.5. The van der Waals surface area contributed by atoms with E-state index in [2.05, 4.69) is 59.4 Å². The molecule has 0 amide bonds. The number of hydrogen-bond acceptors (Lipinski definition) is 17. The maximum Gasteiger partial charge on any atom is 0.257 e. The zero-order valence-electron chi connectivity index (χ0n) is 75.0. The van der Waals surface area contributed by atoms with Gasteiger partial charge in [0.25, 0.3) is 22.2 Å². The largest absolute Gasteiger partial charge is 0.494 e.